The molecule has 0 radical (unpaired) electrons. The quantitative estimate of drug-likeness (QED) is 0.741. The highest BCUT2D eigenvalue weighted by atomic mass is 32.1. The third-order valence-corrected chi connectivity index (χ3v) is 3.80. The van der Waals surface area contributed by atoms with E-state index < -0.39 is 6.10 Å². The first-order valence-electron chi connectivity index (χ1n) is 6.14. The molecule has 4 nitrogen and oxygen atoms in total. The summed E-state index contributed by atoms with van der Waals surface area (Å²) < 4.78 is 5.44. The van der Waals surface area contributed by atoms with Gasteiger partial charge in [0.2, 0.25) is 0 Å². The Balaban J connectivity index is 1.56. The molecule has 5 heteroatoms. The molecule has 17 heavy (non-hydrogen) atoms. The molecule has 1 aliphatic carbocycles. The van der Waals surface area contributed by atoms with Crippen LogP contribution in [0, 0.1) is 5.92 Å². The third kappa shape index (κ3) is 4.71. The van der Waals surface area contributed by atoms with Crippen LogP contribution in [0.25, 0.3) is 0 Å². The van der Waals surface area contributed by atoms with Crippen molar-refractivity contribution in [2.45, 2.75) is 31.9 Å². The molecule has 2 rings (SSSR count). The van der Waals surface area contributed by atoms with Gasteiger partial charge in [-0.3, -0.25) is 0 Å². The predicted molar refractivity (Wildman–Crippen MR) is 68.1 cm³/mol. The first kappa shape index (κ1) is 13.0. The fourth-order valence-electron chi connectivity index (χ4n) is 1.56. The van der Waals surface area contributed by atoms with Gasteiger partial charge in [0, 0.05) is 24.7 Å². The number of thiazole rings is 1. The summed E-state index contributed by atoms with van der Waals surface area (Å²) in [6.45, 7) is 3.83. The van der Waals surface area contributed by atoms with E-state index >= 15 is 0 Å². The van der Waals surface area contributed by atoms with Crippen molar-refractivity contribution < 1.29 is 9.84 Å². The second-order valence-electron chi connectivity index (χ2n) is 4.63. The van der Waals surface area contributed by atoms with Crippen LogP contribution in [0.1, 0.15) is 30.8 Å². The molecule has 2 atom stereocenters. The zero-order valence-corrected chi connectivity index (χ0v) is 10.9. The number of hydrogen-bond donors (Lipinski definition) is 2. The Morgan fingerprint density at radius 2 is 2.47 bits per heavy atom. The molecule has 2 N–H and O–H groups in total. The van der Waals surface area contributed by atoms with Crippen LogP contribution in [-0.2, 0) is 4.74 Å². The van der Waals surface area contributed by atoms with Gasteiger partial charge in [0.05, 0.1) is 18.8 Å². The zero-order valence-electron chi connectivity index (χ0n) is 10.1. The smallest absolute Gasteiger partial charge is 0.109 e. The van der Waals surface area contributed by atoms with Crippen molar-refractivity contribution >= 4 is 11.3 Å². The lowest BCUT2D eigenvalue weighted by Gasteiger charge is -2.15. The van der Waals surface area contributed by atoms with Crippen molar-refractivity contribution in [3.05, 3.63) is 16.6 Å². The molecule has 1 aromatic heterocycles. The van der Waals surface area contributed by atoms with Gasteiger partial charge in [0.25, 0.3) is 0 Å². The van der Waals surface area contributed by atoms with Crippen LogP contribution >= 0.6 is 11.3 Å². The van der Waals surface area contributed by atoms with Crippen LogP contribution in [0.4, 0.5) is 0 Å². The maximum Gasteiger partial charge on any atom is 0.109 e. The van der Waals surface area contributed by atoms with E-state index in [-0.39, 0.29) is 6.04 Å². The number of rotatable bonds is 8. The highest BCUT2D eigenvalue weighted by molar-refractivity contribution is 7.09. The second-order valence-corrected chi connectivity index (χ2v) is 5.56. The highest BCUT2D eigenvalue weighted by Crippen LogP contribution is 2.28. The summed E-state index contributed by atoms with van der Waals surface area (Å²) in [6.07, 6.45) is 3.94. The van der Waals surface area contributed by atoms with Crippen molar-refractivity contribution in [1.29, 1.82) is 0 Å². The van der Waals surface area contributed by atoms with E-state index in [0.29, 0.717) is 13.2 Å². The molecule has 1 heterocycles. The molecule has 1 aliphatic rings. The summed E-state index contributed by atoms with van der Waals surface area (Å²) in [5.74, 6) is 0.754. The fourth-order valence-corrected chi connectivity index (χ4v) is 2.23. The van der Waals surface area contributed by atoms with Crippen LogP contribution in [-0.4, -0.2) is 36.0 Å². The van der Waals surface area contributed by atoms with Gasteiger partial charge in [-0.1, -0.05) is 0 Å². The molecule has 0 aliphatic heterocycles. The van der Waals surface area contributed by atoms with Gasteiger partial charge in [-0.25, -0.2) is 4.98 Å². The standard InChI is InChI=1S/C12H20N2O2S/c1-9(12-13-4-5-17-12)14-6-11(15)8-16-7-10-2-3-10/h4-5,9-11,14-15H,2-3,6-8H2,1H3. The average molecular weight is 256 g/mol. The van der Waals surface area contributed by atoms with Gasteiger partial charge in [0.1, 0.15) is 5.01 Å². The molecule has 1 saturated carbocycles. The molecule has 2 unspecified atom stereocenters. The van der Waals surface area contributed by atoms with Crippen LogP contribution in [0.15, 0.2) is 11.6 Å². The summed E-state index contributed by atoms with van der Waals surface area (Å²) in [6, 6.07) is 0.188. The van der Waals surface area contributed by atoms with E-state index in [2.05, 4.69) is 17.2 Å². The van der Waals surface area contributed by atoms with Crippen molar-refractivity contribution in [3.63, 3.8) is 0 Å². The Labute approximate surface area is 106 Å². The maximum atomic E-state index is 9.72. The lowest BCUT2D eigenvalue weighted by molar-refractivity contribution is 0.0315. The number of nitrogens with one attached hydrogen (secondary N) is 1. The highest BCUT2D eigenvalue weighted by Gasteiger charge is 2.21. The van der Waals surface area contributed by atoms with Crippen molar-refractivity contribution in [3.8, 4) is 0 Å². The molecule has 0 saturated heterocycles. The fraction of sp³-hybridized carbons (Fsp3) is 0.750. The van der Waals surface area contributed by atoms with E-state index in [4.69, 9.17) is 4.74 Å². The van der Waals surface area contributed by atoms with Crippen LogP contribution in [0.2, 0.25) is 0 Å². The normalized spacial score (nSPS) is 19.2. The Kier molecular flexibility index (Phi) is 4.91. The van der Waals surface area contributed by atoms with Crippen molar-refractivity contribution in [1.82, 2.24) is 10.3 Å². The van der Waals surface area contributed by atoms with Crippen molar-refractivity contribution in [2.24, 2.45) is 5.92 Å². The molecule has 0 aromatic carbocycles. The molecule has 0 bridgehead atoms. The monoisotopic (exact) mass is 256 g/mol. The number of nitrogens with zero attached hydrogens (tertiary/aromatic N) is 1. The first-order chi connectivity index (χ1) is 8.25. The predicted octanol–water partition coefficient (Wildman–Crippen LogP) is 1.58. The lowest BCUT2D eigenvalue weighted by Crippen LogP contribution is -2.32. The SMILES string of the molecule is CC(NCC(O)COCC1CC1)c1nccs1. The molecular formula is C12H20N2O2S. The lowest BCUT2D eigenvalue weighted by atomic mass is 10.3. The molecule has 1 aromatic rings. The van der Waals surface area contributed by atoms with Crippen LogP contribution in [0.3, 0.4) is 0 Å². The molecule has 1 fully saturated rings. The zero-order chi connectivity index (χ0) is 12.1. The molecule has 96 valence electrons. The minimum absolute atomic E-state index is 0.188. The first-order valence-corrected chi connectivity index (χ1v) is 7.02. The summed E-state index contributed by atoms with van der Waals surface area (Å²) in [7, 11) is 0. The summed E-state index contributed by atoms with van der Waals surface area (Å²) in [5.41, 5.74) is 0. The van der Waals surface area contributed by atoms with E-state index in [9.17, 15) is 5.11 Å². The number of hydrogen-bond acceptors (Lipinski definition) is 5. The Bertz CT molecular complexity index is 314. The van der Waals surface area contributed by atoms with E-state index in [1.54, 1.807) is 17.5 Å². The van der Waals surface area contributed by atoms with Gasteiger partial charge in [-0.2, -0.15) is 0 Å². The summed E-state index contributed by atoms with van der Waals surface area (Å²) in [5, 5.41) is 16.0. The van der Waals surface area contributed by atoms with Crippen molar-refractivity contribution in [2.75, 3.05) is 19.8 Å². The van der Waals surface area contributed by atoms with E-state index in [1.807, 2.05) is 5.38 Å². The number of aliphatic hydroxyl groups is 1. The molecule has 0 spiro atoms. The number of aliphatic hydroxyl groups excluding tert-OH is 1. The molecular weight excluding hydrogens is 236 g/mol. The van der Waals surface area contributed by atoms with E-state index in [1.165, 1.54) is 12.8 Å². The van der Waals surface area contributed by atoms with Gasteiger partial charge in [-0.15, -0.1) is 11.3 Å². The minimum Gasteiger partial charge on any atom is -0.389 e. The topological polar surface area (TPSA) is 54.4 Å². The minimum atomic E-state index is -0.434. The van der Waals surface area contributed by atoms with Crippen LogP contribution < -0.4 is 5.32 Å². The average Bonchev–Trinajstić information content (AvgIpc) is 2.97. The number of ether oxygens (including phenoxy) is 1. The van der Waals surface area contributed by atoms with Gasteiger partial charge in [-0.05, 0) is 25.7 Å². The third-order valence-electron chi connectivity index (χ3n) is 2.84. The van der Waals surface area contributed by atoms with Gasteiger partial charge < -0.3 is 15.2 Å². The number of aromatic nitrogens is 1. The summed E-state index contributed by atoms with van der Waals surface area (Å²) in [4.78, 5) is 4.23. The largest absolute Gasteiger partial charge is 0.389 e. The Morgan fingerprint density at radius 3 is 3.12 bits per heavy atom. The Morgan fingerprint density at radius 1 is 1.65 bits per heavy atom. The van der Waals surface area contributed by atoms with Crippen LogP contribution in [0.5, 0.6) is 0 Å². The second kappa shape index (κ2) is 6.44. The van der Waals surface area contributed by atoms with E-state index in [0.717, 1.165) is 17.5 Å². The Hall–Kier alpha value is -0.490. The summed E-state index contributed by atoms with van der Waals surface area (Å²) >= 11 is 1.63. The maximum absolute atomic E-state index is 9.72. The molecule has 0 amide bonds. The van der Waals surface area contributed by atoms with Gasteiger partial charge in [0.15, 0.2) is 0 Å². The van der Waals surface area contributed by atoms with Gasteiger partial charge >= 0.3 is 0 Å².